The van der Waals surface area contributed by atoms with Gasteiger partial charge in [0.25, 0.3) is 0 Å². The van der Waals surface area contributed by atoms with Crippen molar-refractivity contribution in [2.24, 2.45) is 0 Å². The van der Waals surface area contributed by atoms with E-state index in [0.717, 1.165) is 30.9 Å². The first-order valence-corrected chi connectivity index (χ1v) is 7.87. The molecule has 0 aliphatic heterocycles. The number of para-hydroxylation sites is 1. The average molecular weight is 286 g/mol. The molecule has 0 radical (unpaired) electrons. The molecule has 0 aliphatic carbocycles. The molecule has 0 atom stereocenters. The largest absolute Gasteiger partial charge is 0.493 e. The monoisotopic (exact) mass is 286 g/mol. The van der Waals surface area contributed by atoms with Crippen molar-refractivity contribution >= 4 is 0 Å². The van der Waals surface area contributed by atoms with E-state index in [4.69, 9.17) is 4.74 Å². The van der Waals surface area contributed by atoms with Crippen LogP contribution in [0.3, 0.4) is 0 Å². The van der Waals surface area contributed by atoms with Gasteiger partial charge in [-0.15, -0.1) is 0 Å². The molecule has 1 heterocycles. The van der Waals surface area contributed by atoms with Crippen LogP contribution in [0.1, 0.15) is 48.2 Å². The fourth-order valence-electron chi connectivity index (χ4n) is 2.60. The number of aromatic nitrogens is 2. The quantitative estimate of drug-likeness (QED) is 0.725. The fraction of sp³-hybridized carbons (Fsp3) is 0.500. The maximum absolute atomic E-state index is 5.81. The molecule has 114 valence electrons. The second-order valence-corrected chi connectivity index (χ2v) is 5.69. The highest BCUT2D eigenvalue weighted by atomic mass is 16.5. The molecule has 0 saturated heterocycles. The van der Waals surface area contributed by atoms with E-state index in [1.165, 1.54) is 36.1 Å². The van der Waals surface area contributed by atoms with Crippen molar-refractivity contribution in [2.75, 3.05) is 6.61 Å². The van der Waals surface area contributed by atoms with Crippen molar-refractivity contribution in [2.45, 2.75) is 52.9 Å². The van der Waals surface area contributed by atoms with E-state index in [-0.39, 0.29) is 0 Å². The maximum Gasteiger partial charge on any atom is 0.122 e. The fourth-order valence-corrected chi connectivity index (χ4v) is 2.60. The average Bonchev–Trinajstić information content (AvgIpc) is 2.79. The van der Waals surface area contributed by atoms with Crippen LogP contribution in [0.25, 0.3) is 0 Å². The van der Waals surface area contributed by atoms with E-state index in [2.05, 4.69) is 37.0 Å². The van der Waals surface area contributed by atoms with E-state index < -0.39 is 0 Å². The molecule has 3 nitrogen and oxygen atoms in total. The molecule has 1 aromatic carbocycles. The predicted molar refractivity (Wildman–Crippen MR) is 86.9 cm³/mol. The van der Waals surface area contributed by atoms with Crippen molar-refractivity contribution in [3.63, 3.8) is 0 Å². The summed E-state index contributed by atoms with van der Waals surface area (Å²) >= 11 is 0. The molecule has 0 fully saturated rings. The summed E-state index contributed by atoms with van der Waals surface area (Å²) in [5, 5.41) is 7.29. The van der Waals surface area contributed by atoms with E-state index >= 15 is 0 Å². The summed E-state index contributed by atoms with van der Waals surface area (Å²) in [5.41, 5.74) is 4.97. The molecule has 1 aromatic heterocycles. The number of rotatable bonds is 8. The first-order valence-electron chi connectivity index (χ1n) is 7.87. The van der Waals surface area contributed by atoms with Crippen LogP contribution >= 0.6 is 0 Å². The molecule has 0 spiro atoms. The molecule has 3 heteroatoms. The molecule has 2 rings (SSSR count). The Labute approximate surface area is 127 Å². The van der Waals surface area contributed by atoms with Gasteiger partial charge in [0.05, 0.1) is 12.3 Å². The van der Waals surface area contributed by atoms with Crippen LogP contribution in [0.5, 0.6) is 5.75 Å². The Morgan fingerprint density at radius 3 is 2.48 bits per heavy atom. The minimum Gasteiger partial charge on any atom is -0.493 e. The summed E-state index contributed by atoms with van der Waals surface area (Å²) in [6, 6.07) is 8.20. The number of nitrogens with zero attached hydrogens (tertiary/aromatic N) is 1. The minimum atomic E-state index is 0.814. The van der Waals surface area contributed by atoms with Crippen molar-refractivity contribution in [3.8, 4) is 5.75 Å². The van der Waals surface area contributed by atoms with Gasteiger partial charge in [0.2, 0.25) is 0 Å². The number of unbranched alkanes of at least 4 members (excludes halogenated alkanes) is 3. The third-order valence-electron chi connectivity index (χ3n) is 3.95. The predicted octanol–water partition coefficient (Wildman–Crippen LogP) is 4.52. The third kappa shape index (κ3) is 4.62. The highest BCUT2D eigenvalue weighted by molar-refractivity contribution is 5.31. The third-order valence-corrected chi connectivity index (χ3v) is 3.95. The van der Waals surface area contributed by atoms with Gasteiger partial charge in [-0.3, -0.25) is 5.10 Å². The standard InChI is InChI=1S/C18H26N2O/c1-14-10-7-8-12-18(14)21-13-9-5-4-6-11-17-15(2)19-20-16(17)3/h7-8,10,12H,4-6,9,11,13H2,1-3H3,(H,19,20). The van der Waals surface area contributed by atoms with Gasteiger partial charge in [0.1, 0.15) is 5.75 Å². The van der Waals surface area contributed by atoms with Crippen molar-refractivity contribution in [3.05, 3.63) is 46.8 Å². The topological polar surface area (TPSA) is 37.9 Å². The van der Waals surface area contributed by atoms with Crippen LogP contribution in [0.2, 0.25) is 0 Å². The van der Waals surface area contributed by atoms with Crippen LogP contribution in [0.4, 0.5) is 0 Å². The lowest BCUT2D eigenvalue weighted by Gasteiger charge is -2.08. The Bertz CT molecular complexity index is 541. The number of aryl methyl sites for hydroxylation is 3. The van der Waals surface area contributed by atoms with Gasteiger partial charge in [0, 0.05) is 5.69 Å². The number of H-pyrrole nitrogens is 1. The van der Waals surface area contributed by atoms with Gasteiger partial charge in [-0.2, -0.15) is 5.10 Å². The second-order valence-electron chi connectivity index (χ2n) is 5.69. The number of ether oxygens (including phenoxy) is 1. The van der Waals surface area contributed by atoms with Gasteiger partial charge in [0.15, 0.2) is 0 Å². The van der Waals surface area contributed by atoms with E-state index in [1.54, 1.807) is 0 Å². The lowest BCUT2D eigenvalue weighted by Crippen LogP contribution is -1.99. The number of benzene rings is 1. The highest BCUT2D eigenvalue weighted by Crippen LogP contribution is 2.17. The van der Waals surface area contributed by atoms with Crippen LogP contribution in [0.15, 0.2) is 24.3 Å². The molecule has 0 unspecified atom stereocenters. The summed E-state index contributed by atoms with van der Waals surface area (Å²) in [4.78, 5) is 0. The van der Waals surface area contributed by atoms with Crippen LogP contribution in [0, 0.1) is 20.8 Å². The molecular formula is C18H26N2O. The molecule has 2 aromatic rings. The Morgan fingerprint density at radius 2 is 1.76 bits per heavy atom. The molecule has 0 saturated carbocycles. The van der Waals surface area contributed by atoms with Crippen molar-refractivity contribution < 1.29 is 4.74 Å². The van der Waals surface area contributed by atoms with Gasteiger partial charge < -0.3 is 4.74 Å². The van der Waals surface area contributed by atoms with Gasteiger partial charge in [-0.25, -0.2) is 0 Å². The van der Waals surface area contributed by atoms with Gasteiger partial charge >= 0.3 is 0 Å². The second kappa shape index (κ2) is 7.87. The summed E-state index contributed by atoms with van der Waals surface area (Å²) < 4.78 is 5.81. The zero-order valence-electron chi connectivity index (χ0n) is 13.4. The smallest absolute Gasteiger partial charge is 0.122 e. The SMILES string of the molecule is Cc1ccccc1OCCCCCCc1c(C)n[nH]c1C. The maximum atomic E-state index is 5.81. The van der Waals surface area contributed by atoms with Crippen LogP contribution in [-0.4, -0.2) is 16.8 Å². The first kappa shape index (κ1) is 15.6. The minimum absolute atomic E-state index is 0.814. The number of hydrogen-bond acceptors (Lipinski definition) is 2. The number of hydrogen-bond donors (Lipinski definition) is 1. The van der Waals surface area contributed by atoms with E-state index in [0.29, 0.717) is 0 Å². The Morgan fingerprint density at radius 1 is 1.00 bits per heavy atom. The van der Waals surface area contributed by atoms with Crippen LogP contribution < -0.4 is 4.74 Å². The zero-order chi connectivity index (χ0) is 15.1. The van der Waals surface area contributed by atoms with E-state index in [9.17, 15) is 0 Å². The molecule has 0 aliphatic rings. The Kier molecular flexibility index (Phi) is 5.85. The molecular weight excluding hydrogens is 260 g/mol. The van der Waals surface area contributed by atoms with E-state index in [1.807, 2.05) is 18.2 Å². The van der Waals surface area contributed by atoms with Crippen LogP contribution in [-0.2, 0) is 6.42 Å². The van der Waals surface area contributed by atoms with Crippen molar-refractivity contribution in [1.29, 1.82) is 0 Å². The van der Waals surface area contributed by atoms with Crippen molar-refractivity contribution in [1.82, 2.24) is 10.2 Å². The molecule has 1 N–H and O–H groups in total. The number of aromatic amines is 1. The number of nitrogens with one attached hydrogen (secondary N) is 1. The molecule has 0 bridgehead atoms. The Balaban J connectivity index is 1.58. The lowest BCUT2D eigenvalue weighted by molar-refractivity contribution is 0.303. The van der Waals surface area contributed by atoms with Gasteiger partial charge in [-0.1, -0.05) is 31.0 Å². The summed E-state index contributed by atoms with van der Waals surface area (Å²) in [7, 11) is 0. The Hall–Kier alpha value is -1.77. The van der Waals surface area contributed by atoms with Gasteiger partial charge in [-0.05, 0) is 57.2 Å². The zero-order valence-corrected chi connectivity index (χ0v) is 13.4. The normalized spacial score (nSPS) is 10.8. The summed E-state index contributed by atoms with van der Waals surface area (Å²) in [6.45, 7) is 7.08. The summed E-state index contributed by atoms with van der Waals surface area (Å²) in [6.07, 6.45) is 5.96. The highest BCUT2D eigenvalue weighted by Gasteiger charge is 2.05. The summed E-state index contributed by atoms with van der Waals surface area (Å²) in [5.74, 6) is 1.02. The first-order chi connectivity index (χ1) is 10.2. The lowest BCUT2D eigenvalue weighted by atomic mass is 10.0. The molecule has 21 heavy (non-hydrogen) atoms. The molecule has 0 amide bonds.